The van der Waals surface area contributed by atoms with Gasteiger partial charge in [-0.1, -0.05) is 25.5 Å². The summed E-state index contributed by atoms with van der Waals surface area (Å²) in [6.45, 7) is 1.98. The quantitative estimate of drug-likeness (QED) is 0.369. The van der Waals surface area contributed by atoms with Crippen molar-refractivity contribution in [1.29, 1.82) is 0 Å². The van der Waals surface area contributed by atoms with Gasteiger partial charge >= 0.3 is 5.97 Å². The number of hydrogen-bond donors (Lipinski definition) is 2. The van der Waals surface area contributed by atoms with Gasteiger partial charge in [-0.05, 0) is 24.2 Å². The van der Waals surface area contributed by atoms with Gasteiger partial charge in [-0.25, -0.2) is 4.79 Å². The van der Waals surface area contributed by atoms with Gasteiger partial charge in [-0.2, -0.15) is 0 Å². The highest BCUT2D eigenvalue weighted by Gasteiger charge is 2.32. The molecule has 1 aliphatic rings. The number of thiocarbonyl (C=S) groups is 1. The van der Waals surface area contributed by atoms with Crippen LogP contribution in [-0.2, 0) is 9.53 Å². The summed E-state index contributed by atoms with van der Waals surface area (Å²) in [5.74, 6) is -0.493. The maximum atomic E-state index is 12.2. The second-order valence-electron chi connectivity index (χ2n) is 5.02. The van der Waals surface area contributed by atoms with Gasteiger partial charge in [0.15, 0.2) is 5.11 Å². The number of nitrogens with one attached hydrogen (secondary N) is 2. The zero-order valence-corrected chi connectivity index (χ0v) is 13.6. The van der Waals surface area contributed by atoms with Gasteiger partial charge in [0.2, 0.25) is 0 Å². The molecule has 0 aliphatic carbocycles. The van der Waals surface area contributed by atoms with E-state index in [-0.39, 0.29) is 5.69 Å². The Morgan fingerprint density at radius 3 is 2.83 bits per heavy atom. The van der Waals surface area contributed by atoms with Crippen molar-refractivity contribution in [2.45, 2.75) is 25.8 Å². The zero-order chi connectivity index (χ0) is 17.0. The third kappa shape index (κ3) is 3.65. The molecule has 0 bridgehead atoms. The van der Waals surface area contributed by atoms with E-state index in [0.29, 0.717) is 28.4 Å². The molecule has 1 aromatic rings. The molecule has 7 nitrogen and oxygen atoms in total. The van der Waals surface area contributed by atoms with E-state index in [1.807, 2.05) is 6.92 Å². The number of nitrogens with zero attached hydrogens (tertiary/aromatic N) is 1. The molecule has 1 aliphatic heterocycles. The molecule has 0 fully saturated rings. The van der Waals surface area contributed by atoms with E-state index in [4.69, 9.17) is 17.0 Å². The highest BCUT2D eigenvalue weighted by Crippen LogP contribution is 2.30. The molecule has 0 spiro atoms. The van der Waals surface area contributed by atoms with Crippen LogP contribution in [0.2, 0.25) is 0 Å². The highest BCUT2D eigenvalue weighted by atomic mass is 32.1. The van der Waals surface area contributed by atoms with E-state index in [0.717, 1.165) is 6.42 Å². The summed E-state index contributed by atoms with van der Waals surface area (Å²) >= 11 is 5.19. The second-order valence-corrected chi connectivity index (χ2v) is 5.43. The van der Waals surface area contributed by atoms with Gasteiger partial charge in [0.25, 0.3) is 5.69 Å². The van der Waals surface area contributed by atoms with Gasteiger partial charge in [-0.15, -0.1) is 0 Å². The molecule has 0 amide bonds. The Bertz CT molecular complexity index is 687. The number of ether oxygens (including phenoxy) is 1. The number of benzene rings is 1. The number of allylic oxidation sites excluding steroid dienone is 1. The van der Waals surface area contributed by atoms with Gasteiger partial charge in [0, 0.05) is 17.8 Å². The predicted molar refractivity (Wildman–Crippen MR) is 88.7 cm³/mol. The number of rotatable bonds is 5. The molecule has 0 aromatic heterocycles. The maximum absolute atomic E-state index is 12.2. The van der Waals surface area contributed by atoms with Crippen LogP contribution in [0.15, 0.2) is 35.5 Å². The summed E-state index contributed by atoms with van der Waals surface area (Å²) in [6, 6.07) is 5.53. The Kier molecular flexibility index (Phi) is 5.28. The minimum atomic E-state index is -0.586. The van der Waals surface area contributed by atoms with Crippen LogP contribution in [0.1, 0.15) is 31.4 Å². The molecule has 23 heavy (non-hydrogen) atoms. The van der Waals surface area contributed by atoms with Crippen molar-refractivity contribution in [2.24, 2.45) is 0 Å². The summed E-state index contributed by atoms with van der Waals surface area (Å²) in [6.07, 6.45) is 1.44. The number of carbonyl (C=O) groups excluding carboxylic acids is 1. The third-order valence-corrected chi connectivity index (χ3v) is 3.69. The van der Waals surface area contributed by atoms with Gasteiger partial charge in [0.1, 0.15) is 0 Å². The minimum absolute atomic E-state index is 0.0463. The standard InChI is InChI=1S/C15H17N3O4S/c1-3-5-11-12(14(19)22-2)13(17-15(23)16-11)9-6-4-7-10(8-9)18(20)21/h4,6-8,13H,3,5H2,1-2H3,(H2,16,17,23)/t13-/m0/s1. The van der Waals surface area contributed by atoms with Crippen molar-refractivity contribution >= 4 is 29.0 Å². The molecular weight excluding hydrogens is 318 g/mol. The Morgan fingerprint density at radius 2 is 2.22 bits per heavy atom. The largest absolute Gasteiger partial charge is 0.466 e. The first kappa shape index (κ1) is 16.9. The van der Waals surface area contributed by atoms with Crippen molar-refractivity contribution in [2.75, 3.05) is 7.11 Å². The van der Waals surface area contributed by atoms with Crippen molar-refractivity contribution in [3.8, 4) is 0 Å². The molecule has 2 rings (SSSR count). The van der Waals surface area contributed by atoms with Crippen molar-refractivity contribution < 1.29 is 14.5 Å². The lowest BCUT2D eigenvalue weighted by Gasteiger charge is -2.30. The Morgan fingerprint density at radius 1 is 1.48 bits per heavy atom. The van der Waals surface area contributed by atoms with Crippen LogP contribution >= 0.6 is 12.2 Å². The number of hydrogen-bond acceptors (Lipinski definition) is 5. The minimum Gasteiger partial charge on any atom is -0.466 e. The Hall–Kier alpha value is -2.48. The number of non-ortho nitro benzene ring substituents is 1. The van der Waals surface area contributed by atoms with E-state index >= 15 is 0 Å². The zero-order valence-electron chi connectivity index (χ0n) is 12.8. The van der Waals surface area contributed by atoms with Crippen LogP contribution in [0.5, 0.6) is 0 Å². The molecule has 1 heterocycles. The van der Waals surface area contributed by atoms with Crippen LogP contribution in [0.25, 0.3) is 0 Å². The summed E-state index contributed by atoms with van der Waals surface area (Å²) in [7, 11) is 1.30. The number of esters is 1. The molecule has 2 N–H and O–H groups in total. The SMILES string of the molecule is CCCC1=C(C(=O)OC)[C@H](c2cccc([N+](=O)[O-])c2)NC(=S)N1. The van der Waals surface area contributed by atoms with Crippen LogP contribution in [0.3, 0.4) is 0 Å². The van der Waals surface area contributed by atoms with Gasteiger partial charge in [0.05, 0.1) is 23.6 Å². The Balaban J connectivity index is 2.54. The second kappa shape index (κ2) is 7.19. The molecule has 0 radical (unpaired) electrons. The molecule has 8 heteroatoms. The number of methoxy groups -OCH3 is 1. The number of nitro benzene ring substituents is 1. The average molecular weight is 335 g/mol. The molecular formula is C15H17N3O4S. The third-order valence-electron chi connectivity index (χ3n) is 3.47. The summed E-state index contributed by atoms with van der Waals surface area (Å²) in [5, 5.41) is 17.3. The first-order chi connectivity index (χ1) is 11.0. The lowest BCUT2D eigenvalue weighted by molar-refractivity contribution is -0.384. The van der Waals surface area contributed by atoms with Crippen LogP contribution in [-0.4, -0.2) is 23.1 Å². The van der Waals surface area contributed by atoms with E-state index in [1.54, 1.807) is 12.1 Å². The molecule has 0 saturated heterocycles. The van der Waals surface area contributed by atoms with Crippen molar-refractivity contribution in [1.82, 2.24) is 10.6 Å². The van der Waals surface area contributed by atoms with E-state index < -0.39 is 16.9 Å². The van der Waals surface area contributed by atoms with E-state index in [9.17, 15) is 14.9 Å². The molecule has 1 atom stereocenters. The van der Waals surface area contributed by atoms with Crippen LogP contribution in [0, 0.1) is 10.1 Å². The first-order valence-electron chi connectivity index (χ1n) is 7.11. The fraction of sp³-hybridized carbons (Fsp3) is 0.333. The van der Waals surface area contributed by atoms with E-state index in [2.05, 4.69) is 10.6 Å². The van der Waals surface area contributed by atoms with Crippen LogP contribution in [0.4, 0.5) is 5.69 Å². The summed E-state index contributed by atoms with van der Waals surface area (Å²) in [4.78, 5) is 22.7. The first-order valence-corrected chi connectivity index (χ1v) is 7.52. The normalized spacial score (nSPS) is 17.3. The fourth-order valence-electron chi connectivity index (χ4n) is 2.48. The number of nitro groups is 1. The molecule has 0 unspecified atom stereocenters. The smallest absolute Gasteiger partial charge is 0.337 e. The average Bonchev–Trinajstić information content (AvgIpc) is 2.54. The van der Waals surface area contributed by atoms with Crippen molar-refractivity contribution in [3.63, 3.8) is 0 Å². The topological polar surface area (TPSA) is 93.5 Å². The predicted octanol–water partition coefficient (Wildman–Crippen LogP) is 2.34. The Labute approximate surface area is 138 Å². The van der Waals surface area contributed by atoms with Gasteiger partial charge in [-0.3, -0.25) is 10.1 Å². The van der Waals surface area contributed by atoms with Crippen LogP contribution < -0.4 is 10.6 Å². The lowest BCUT2D eigenvalue weighted by Crippen LogP contribution is -2.45. The van der Waals surface area contributed by atoms with E-state index in [1.165, 1.54) is 19.2 Å². The lowest BCUT2D eigenvalue weighted by atomic mass is 9.93. The fourth-order valence-corrected chi connectivity index (χ4v) is 2.73. The van der Waals surface area contributed by atoms with Crippen molar-refractivity contribution in [3.05, 3.63) is 51.2 Å². The summed E-state index contributed by atoms with van der Waals surface area (Å²) in [5.41, 5.74) is 1.61. The highest BCUT2D eigenvalue weighted by molar-refractivity contribution is 7.80. The maximum Gasteiger partial charge on any atom is 0.337 e. The monoisotopic (exact) mass is 335 g/mol. The van der Waals surface area contributed by atoms with Gasteiger partial charge < -0.3 is 15.4 Å². The number of carbonyl (C=O) groups is 1. The molecule has 1 aromatic carbocycles. The molecule has 122 valence electrons. The summed E-state index contributed by atoms with van der Waals surface area (Å²) < 4.78 is 4.88. The molecule has 0 saturated carbocycles.